The standard InChI is InChI=1S/C16H16N2O2/c19-13-17(11-15-7-3-1-4-8-15)18(14-20)12-16-9-5-2-6-10-16/h1-10,13-14H,11-12H2. The van der Waals surface area contributed by atoms with Crippen molar-refractivity contribution in [3.63, 3.8) is 0 Å². The molecule has 0 aliphatic heterocycles. The maximum absolute atomic E-state index is 11.2. The minimum absolute atomic E-state index is 0.371. The number of nitrogens with zero attached hydrogens (tertiary/aromatic N) is 2. The molecule has 0 aromatic heterocycles. The van der Waals surface area contributed by atoms with Crippen LogP contribution in [0.3, 0.4) is 0 Å². The molecule has 0 saturated heterocycles. The van der Waals surface area contributed by atoms with Crippen molar-refractivity contribution >= 4 is 12.8 Å². The molecule has 0 saturated carbocycles. The number of carbonyl (C=O) groups excluding carboxylic acids is 2. The second-order valence-corrected chi connectivity index (χ2v) is 4.38. The molecule has 0 unspecified atom stereocenters. The molecule has 0 spiro atoms. The van der Waals surface area contributed by atoms with Gasteiger partial charge in [-0.25, -0.2) is 10.0 Å². The maximum atomic E-state index is 11.2. The Kier molecular flexibility index (Phi) is 4.89. The Bertz CT molecular complexity index is 491. The van der Waals surface area contributed by atoms with Crippen molar-refractivity contribution in [1.29, 1.82) is 0 Å². The van der Waals surface area contributed by atoms with Crippen LogP contribution in [0.25, 0.3) is 0 Å². The summed E-state index contributed by atoms with van der Waals surface area (Å²) >= 11 is 0. The fraction of sp³-hybridized carbons (Fsp3) is 0.125. The predicted octanol–water partition coefficient (Wildman–Crippen LogP) is 2.22. The van der Waals surface area contributed by atoms with Crippen LogP contribution < -0.4 is 0 Å². The Morgan fingerprint density at radius 2 is 1.00 bits per heavy atom. The van der Waals surface area contributed by atoms with E-state index in [0.29, 0.717) is 25.9 Å². The van der Waals surface area contributed by atoms with E-state index in [-0.39, 0.29) is 0 Å². The number of hydrogen-bond acceptors (Lipinski definition) is 2. The number of hydrazine groups is 1. The van der Waals surface area contributed by atoms with Crippen LogP contribution in [0.5, 0.6) is 0 Å². The minimum Gasteiger partial charge on any atom is -0.277 e. The van der Waals surface area contributed by atoms with Gasteiger partial charge in [-0.05, 0) is 11.1 Å². The third-order valence-electron chi connectivity index (χ3n) is 2.95. The molecule has 0 N–H and O–H groups in total. The molecule has 2 aromatic rings. The third kappa shape index (κ3) is 3.68. The summed E-state index contributed by atoms with van der Waals surface area (Å²) < 4.78 is 0. The lowest BCUT2D eigenvalue weighted by atomic mass is 10.2. The molecule has 0 bridgehead atoms. The van der Waals surface area contributed by atoms with E-state index in [9.17, 15) is 9.59 Å². The van der Waals surface area contributed by atoms with Gasteiger partial charge in [0.1, 0.15) is 0 Å². The van der Waals surface area contributed by atoms with Gasteiger partial charge in [-0.3, -0.25) is 9.59 Å². The van der Waals surface area contributed by atoms with Crippen LogP contribution in [0.4, 0.5) is 0 Å². The number of carbonyl (C=O) groups is 2. The highest BCUT2D eigenvalue weighted by Gasteiger charge is 2.12. The van der Waals surface area contributed by atoms with E-state index in [4.69, 9.17) is 0 Å². The lowest BCUT2D eigenvalue weighted by Gasteiger charge is -2.28. The first-order valence-electron chi connectivity index (χ1n) is 6.35. The van der Waals surface area contributed by atoms with Crippen molar-refractivity contribution in [1.82, 2.24) is 10.0 Å². The zero-order valence-electron chi connectivity index (χ0n) is 11.1. The van der Waals surface area contributed by atoms with Crippen LogP contribution in [0.1, 0.15) is 11.1 Å². The smallest absolute Gasteiger partial charge is 0.228 e. The maximum Gasteiger partial charge on any atom is 0.228 e. The second-order valence-electron chi connectivity index (χ2n) is 4.38. The lowest BCUT2D eigenvalue weighted by molar-refractivity contribution is -0.149. The fourth-order valence-electron chi connectivity index (χ4n) is 1.92. The molecule has 0 aliphatic rings. The first-order valence-corrected chi connectivity index (χ1v) is 6.35. The van der Waals surface area contributed by atoms with Gasteiger partial charge in [0, 0.05) is 0 Å². The van der Waals surface area contributed by atoms with E-state index in [1.165, 1.54) is 10.0 Å². The van der Waals surface area contributed by atoms with Crippen molar-refractivity contribution in [2.75, 3.05) is 0 Å². The van der Waals surface area contributed by atoms with E-state index in [0.717, 1.165) is 11.1 Å². The number of amides is 2. The molecule has 0 aliphatic carbocycles. The van der Waals surface area contributed by atoms with Gasteiger partial charge < -0.3 is 0 Å². The molecule has 2 amide bonds. The van der Waals surface area contributed by atoms with E-state index < -0.39 is 0 Å². The third-order valence-corrected chi connectivity index (χ3v) is 2.95. The first kappa shape index (κ1) is 13.8. The van der Waals surface area contributed by atoms with E-state index in [1.807, 2.05) is 60.7 Å². The fourth-order valence-corrected chi connectivity index (χ4v) is 1.92. The summed E-state index contributed by atoms with van der Waals surface area (Å²) in [4.78, 5) is 22.5. The lowest BCUT2D eigenvalue weighted by Crippen LogP contribution is -2.39. The molecule has 4 heteroatoms. The molecule has 0 heterocycles. The normalized spacial score (nSPS) is 9.80. The minimum atomic E-state index is 0.371. The Morgan fingerprint density at radius 3 is 1.30 bits per heavy atom. The predicted molar refractivity (Wildman–Crippen MR) is 76.1 cm³/mol. The van der Waals surface area contributed by atoms with Crippen LogP contribution in [0.15, 0.2) is 60.7 Å². The Labute approximate surface area is 118 Å². The van der Waals surface area contributed by atoms with Crippen molar-refractivity contribution in [3.05, 3.63) is 71.8 Å². The first-order chi connectivity index (χ1) is 9.83. The Balaban J connectivity index is 2.08. The van der Waals surface area contributed by atoms with E-state index in [2.05, 4.69) is 0 Å². The van der Waals surface area contributed by atoms with Gasteiger partial charge in [0.25, 0.3) is 0 Å². The topological polar surface area (TPSA) is 40.6 Å². The Morgan fingerprint density at radius 1 is 0.650 bits per heavy atom. The molecule has 4 nitrogen and oxygen atoms in total. The molecular weight excluding hydrogens is 252 g/mol. The highest BCUT2D eigenvalue weighted by molar-refractivity contribution is 5.54. The van der Waals surface area contributed by atoms with Crippen LogP contribution >= 0.6 is 0 Å². The summed E-state index contributed by atoms with van der Waals surface area (Å²) in [5.41, 5.74) is 1.94. The van der Waals surface area contributed by atoms with E-state index in [1.54, 1.807) is 0 Å². The van der Waals surface area contributed by atoms with Gasteiger partial charge in [0.15, 0.2) is 0 Å². The van der Waals surface area contributed by atoms with Gasteiger partial charge in [-0.15, -0.1) is 0 Å². The zero-order valence-corrected chi connectivity index (χ0v) is 11.1. The molecule has 20 heavy (non-hydrogen) atoms. The number of rotatable bonds is 7. The van der Waals surface area contributed by atoms with E-state index >= 15 is 0 Å². The van der Waals surface area contributed by atoms with Gasteiger partial charge in [0.05, 0.1) is 13.1 Å². The van der Waals surface area contributed by atoms with Crippen LogP contribution in [0, 0.1) is 0 Å². The quantitative estimate of drug-likeness (QED) is 0.570. The number of hydrogen-bond donors (Lipinski definition) is 0. The summed E-state index contributed by atoms with van der Waals surface area (Å²) in [5.74, 6) is 0. The summed E-state index contributed by atoms with van der Waals surface area (Å²) in [6.45, 7) is 0.742. The highest BCUT2D eigenvalue weighted by Crippen LogP contribution is 2.09. The van der Waals surface area contributed by atoms with Crippen molar-refractivity contribution in [3.8, 4) is 0 Å². The molecule has 0 atom stereocenters. The molecule has 2 rings (SSSR count). The molecular formula is C16H16N2O2. The molecule has 0 radical (unpaired) electrons. The van der Waals surface area contributed by atoms with Crippen molar-refractivity contribution in [2.45, 2.75) is 13.1 Å². The van der Waals surface area contributed by atoms with Crippen molar-refractivity contribution in [2.24, 2.45) is 0 Å². The zero-order chi connectivity index (χ0) is 14.2. The summed E-state index contributed by atoms with van der Waals surface area (Å²) in [6, 6.07) is 19.1. The summed E-state index contributed by atoms with van der Waals surface area (Å²) in [6.07, 6.45) is 1.34. The molecule has 2 aromatic carbocycles. The summed E-state index contributed by atoms with van der Waals surface area (Å²) in [5, 5.41) is 2.74. The second kappa shape index (κ2) is 7.09. The molecule has 102 valence electrons. The summed E-state index contributed by atoms with van der Waals surface area (Å²) in [7, 11) is 0. The van der Waals surface area contributed by atoms with Gasteiger partial charge in [-0.1, -0.05) is 60.7 Å². The average molecular weight is 268 g/mol. The largest absolute Gasteiger partial charge is 0.277 e. The highest BCUT2D eigenvalue weighted by atomic mass is 16.2. The van der Waals surface area contributed by atoms with Crippen LogP contribution in [-0.2, 0) is 22.7 Å². The monoisotopic (exact) mass is 268 g/mol. The van der Waals surface area contributed by atoms with Gasteiger partial charge >= 0.3 is 0 Å². The average Bonchev–Trinajstić information content (AvgIpc) is 2.52. The van der Waals surface area contributed by atoms with Crippen molar-refractivity contribution < 1.29 is 9.59 Å². The number of benzene rings is 2. The Hall–Kier alpha value is -2.62. The van der Waals surface area contributed by atoms with Crippen LogP contribution in [-0.4, -0.2) is 22.8 Å². The van der Waals surface area contributed by atoms with Crippen LogP contribution in [0.2, 0.25) is 0 Å². The van der Waals surface area contributed by atoms with Gasteiger partial charge in [-0.2, -0.15) is 0 Å². The van der Waals surface area contributed by atoms with Gasteiger partial charge in [0.2, 0.25) is 12.8 Å². The SMILES string of the molecule is O=CN(Cc1ccccc1)N(C=O)Cc1ccccc1. The molecule has 0 fully saturated rings.